The number of fused-ring (bicyclic) bond motifs is 1. The molecule has 1 saturated heterocycles. The molecule has 0 saturated carbocycles. The van der Waals surface area contributed by atoms with Crippen LogP contribution in [0, 0.1) is 5.92 Å². The number of carbonyl (C=O) groups is 1. The highest BCUT2D eigenvalue weighted by atomic mass is 32.2. The van der Waals surface area contributed by atoms with Crippen molar-refractivity contribution in [1.82, 2.24) is 19.4 Å². The first kappa shape index (κ1) is 24.2. The number of nitrogens with zero attached hydrogens (tertiary/aromatic N) is 3. The van der Waals surface area contributed by atoms with Gasteiger partial charge in [-0.15, -0.1) is 0 Å². The molecule has 176 valence electrons. The second-order valence-electron chi connectivity index (χ2n) is 8.74. The number of piperidine rings is 1. The highest BCUT2D eigenvalue weighted by Gasteiger charge is 2.22. The number of amides is 1. The Labute approximate surface area is 193 Å². The van der Waals surface area contributed by atoms with Crippen LogP contribution in [0.4, 0.5) is 10.6 Å². The third kappa shape index (κ3) is 6.52. The van der Waals surface area contributed by atoms with Gasteiger partial charge in [-0.2, -0.15) is 0 Å². The number of aromatic nitrogens is 2. The molecular formula is C22H33N5O4S. The molecule has 0 unspecified atom stereocenters. The van der Waals surface area contributed by atoms with Crippen molar-refractivity contribution in [2.75, 3.05) is 38.8 Å². The van der Waals surface area contributed by atoms with Gasteiger partial charge in [-0.1, -0.05) is 0 Å². The Balaban J connectivity index is 1.48. The maximum Gasteiger partial charge on any atom is 0.418 e. The minimum atomic E-state index is -0.495. The third-order valence-electron chi connectivity index (χ3n) is 5.29. The fourth-order valence-electron chi connectivity index (χ4n) is 3.75. The minimum absolute atomic E-state index is 0.436. The lowest BCUT2D eigenvalue weighted by Gasteiger charge is -2.33. The van der Waals surface area contributed by atoms with Gasteiger partial charge < -0.3 is 19.1 Å². The Kier molecular flexibility index (Phi) is 8.25. The molecule has 10 heteroatoms. The number of rotatable bonds is 8. The molecule has 1 aliphatic rings. The predicted octanol–water partition coefficient (Wildman–Crippen LogP) is 3.93. The number of methoxy groups -OCH3 is 2. The summed E-state index contributed by atoms with van der Waals surface area (Å²) in [5.74, 6) is 2.90. The van der Waals surface area contributed by atoms with Gasteiger partial charge in [0.25, 0.3) is 0 Å². The van der Waals surface area contributed by atoms with Crippen LogP contribution in [0.1, 0.15) is 40.0 Å². The molecule has 0 aliphatic carbocycles. The monoisotopic (exact) mass is 463 g/mol. The minimum Gasteiger partial charge on any atom is -0.493 e. The fraction of sp³-hybridized carbons (Fsp3) is 0.591. The Morgan fingerprint density at radius 3 is 2.50 bits per heavy atom. The lowest BCUT2D eigenvalue weighted by atomic mass is 9.93. The summed E-state index contributed by atoms with van der Waals surface area (Å²) in [6.45, 7) is 8.22. The fourth-order valence-corrected chi connectivity index (χ4v) is 4.16. The van der Waals surface area contributed by atoms with Gasteiger partial charge in [-0.05, 0) is 52.0 Å². The van der Waals surface area contributed by atoms with Gasteiger partial charge >= 0.3 is 6.09 Å². The average Bonchev–Trinajstić information content (AvgIpc) is 2.76. The van der Waals surface area contributed by atoms with E-state index in [-0.39, 0.29) is 0 Å². The van der Waals surface area contributed by atoms with Crippen molar-refractivity contribution in [1.29, 1.82) is 0 Å². The van der Waals surface area contributed by atoms with E-state index in [1.165, 1.54) is 12.1 Å². The molecule has 2 heterocycles. The molecule has 1 fully saturated rings. The van der Waals surface area contributed by atoms with Crippen LogP contribution in [0.2, 0.25) is 0 Å². The summed E-state index contributed by atoms with van der Waals surface area (Å²) in [6.07, 6.45) is 4.39. The molecule has 3 rings (SSSR count). The number of ether oxygens (including phenoxy) is 3. The normalized spacial score (nSPS) is 15.0. The number of nitrogens with one attached hydrogen (secondary N) is 2. The largest absolute Gasteiger partial charge is 0.493 e. The lowest BCUT2D eigenvalue weighted by molar-refractivity contribution is 0.0574. The van der Waals surface area contributed by atoms with Crippen LogP contribution < -0.4 is 23.8 Å². The SMILES string of the molecule is COc1cc2ncnc(N3CCC(CCNSNC(=O)OC(C)(C)C)CC3)c2cc1OC. The number of anilines is 1. The standard InChI is InChI=1S/C22H33N5O4S/c1-22(2,3)31-21(28)26-32-25-9-6-15-7-10-27(11-8-15)20-16-12-18(29-4)19(30-5)13-17(16)23-14-24-20/h12-15,25H,6-11H2,1-5H3,(H,26,28). The van der Waals surface area contributed by atoms with E-state index >= 15 is 0 Å². The predicted molar refractivity (Wildman–Crippen MR) is 127 cm³/mol. The average molecular weight is 464 g/mol. The smallest absolute Gasteiger partial charge is 0.418 e. The zero-order valence-electron chi connectivity index (χ0n) is 19.4. The summed E-state index contributed by atoms with van der Waals surface area (Å²) < 4.78 is 21.9. The zero-order chi connectivity index (χ0) is 23.1. The molecule has 1 amide bonds. The number of carbonyl (C=O) groups excluding carboxylic acids is 1. The lowest BCUT2D eigenvalue weighted by Crippen LogP contribution is -2.35. The second-order valence-corrected chi connectivity index (χ2v) is 9.44. The van der Waals surface area contributed by atoms with Crippen LogP contribution in [0.3, 0.4) is 0 Å². The summed E-state index contributed by atoms with van der Waals surface area (Å²) in [7, 11) is 3.26. The summed E-state index contributed by atoms with van der Waals surface area (Å²) in [5, 5.41) is 0.967. The third-order valence-corrected chi connectivity index (χ3v) is 5.91. The molecule has 9 nitrogen and oxygen atoms in total. The quantitative estimate of drug-likeness (QED) is 0.446. The first-order chi connectivity index (χ1) is 15.3. The van der Waals surface area contributed by atoms with Crippen LogP contribution in [0.25, 0.3) is 10.9 Å². The number of benzene rings is 1. The Bertz CT molecular complexity index is 913. The first-order valence-electron chi connectivity index (χ1n) is 10.8. The van der Waals surface area contributed by atoms with E-state index in [1.807, 2.05) is 32.9 Å². The maximum atomic E-state index is 11.6. The van der Waals surface area contributed by atoms with Crippen molar-refractivity contribution >= 4 is 34.9 Å². The van der Waals surface area contributed by atoms with Crippen LogP contribution in [0.15, 0.2) is 18.5 Å². The van der Waals surface area contributed by atoms with Gasteiger partial charge in [0.2, 0.25) is 0 Å². The highest BCUT2D eigenvalue weighted by molar-refractivity contribution is 7.96. The summed E-state index contributed by atoms with van der Waals surface area (Å²) in [4.78, 5) is 22.9. The molecule has 1 aliphatic heterocycles. The van der Waals surface area contributed by atoms with Gasteiger partial charge in [0.05, 0.1) is 19.7 Å². The Morgan fingerprint density at radius 2 is 1.84 bits per heavy atom. The van der Waals surface area contributed by atoms with E-state index in [1.54, 1.807) is 20.5 Å². The van der Waals surface area contributed by atoms with Crippen molar-refractivity contribution < 1.29 is 19.0 Å². The summed E-state index contributed by atoms with van der Waals surface area (Å²) in [5.41, 5.74) is 0.346. The summed E-state index contributed by atoms with van der Waals surface area (Å²) >= 11 is 1.17. The van der Waals surface area contributed by atoms with Crippen LogP contribution >= 0.6 is 12.1 Å². The van der Waals surface area contributed by atoms with Gasteiger partial charge in [0.15, 0.2) is 11.5 Å². The molecular weight excluding hydrogens is 430 g/mol. The van der Waals surface area contributed by atoms with Crippen LogP contribution in [-0.4, -0.2) is 55.5 Å². The van der Waals surface area contributed by atoms with Gasteiger partial charge in [-0.3, -0.25) is 4.72 Å². The highest BCUT2D eigenvalue weighted by Crippen LogP contribution is 2.35. The molecule has 1 aromatic carbocycles. The van der Waals surface area contributed by atoms with Crippen LogP contribution in [0.5, 0.6) is 11.5 Å². The van der Waals surface area contributed by atoms with Crippen molar-refractivity contribution in [3.63, 3.8) is 0 Å². The maximum absolute atomic E-state index is 11.6. The van der Waals surface area contributed by atoms with Gasteiger partial charge in [0.1, 0.15) is 17.7 Å². The van der Waals surface area contributed by atoms with E-state index in [2.05, 4.69) is 24.3 Å². The molecule has 0 spiro atoms. The summed E-state index contributed by atoms with van der Waals surface area (Å²) in [6, 6.07) is 3.84. The number of hydrogen-bond acceptors (Lipinski definition) is 9. The van der Waals surface area contributed by atoms with Gasteiger partial charge in [-0.25, -0.2) is 19.5 Å². The Hall–Kier alpha value is -2.46. The Morgan fingerprint density at radius 1 is 1.16 bits per heavy atom. The molecule has 0 bridgehead atoms. The van der Waals surface area contributed by atoms with Crippen molar-refractivity contribution in [3.05, 3.63) is 18.5 Å². The van der Waals surface area contributed by atoms with Crippen molar-refractivity contribution in [3.8, 4) is 11.5 Å². The second kappa shape index (κ2) is 10.9. The van der Waals surface area contributed by atoms with E-state index in [0.29, 0.717) is 17.4 Å². The van der Waals surface area contributed by atoms with Crippen molar-refractivity contribution in [2.24, 2.45) is 5.92 Å². The van der Waals surface area contributed by atoms with E-state index in [9.17, 15) is 4.79 Å². The van der Waals surface area contributed by atoms with Crippen LogP contribution in [-0.2, 0) is 4.74 Å². The van der Waals surface area contributed by atoms with E-state index in [0.717, 1.165) is 55.6 Å². The number of hydrogen-bond donors (Lipinski definition) is 2. The molecule has 2 N–H and O–H groups in total. The molecule has 1 aromatic heterocycles. The van der Waals surface area contributed by atoms with Gasteiger partial charge in [0, 0.05) is 43.2 Å². The van der Waals surface area contributed by atoms with Crippen molar-refractivity contribution in [2.45, 2.75) is 45.6 Å². The molecule has 0 radical (unpaired) electrons. The van der Waals surface area contributed by atoms with E-state index in [4.69, 9.17) is 14.2 Å². The zero-order valence-corrected chi connectivity index (χ0v) is 20.3. The molecule has 32 heavy (non-hydrogen) atoms. The topological polar surface area (TPSA) is 97.8 Å². The van der Waals surface area contributed by atoms with E-state index < -0.39 is 11.7 Å². The molecule has 0 atom stereocenters. The molecule has 2 aromatic rings. The first-order valence-corrected chi connectivity index (χ1v) is 11.6.